The number of carbonyl (C=O) groups is 8. The molecule has 0 radical (unpaired) electrons. The van der Waals surface area contributed by atoms with Gasteiger partial charge >= 0.3 is 47.8 Å². The maximum atomic E-state index is 13.9. The second-order valence-electron chi connectivity index (χ2n) is 11.6. The van der Waals surface area contributed by atoms with Crippen LogP contribution in [0.5, 0.6) is 0 Å². The van der Waals surface area contributed by atoms with Crippen molar-refractivity contribution in [3.05, 3.63) is 35.6 Å². The van der Waals surface area contributed by atoms with Crippen LogP contribution in [0.2, 0.25) is 0 Å². The maximum Gasteiger partial charge on any atom is 0.340 e. The van der Waals surface area contributed by atoms with E-state index >= 15 is 0 Å². The van der Waals surface area contributed by atoms with Crippen LogP contribution in [0.4, 0.5) is 4.39 Å². The number of hydrogen-bond acceptors (Lipinski definition) is 19. The highest BCUT2D eigenvalue weighted by molar-refractivity contribution is 5.89. The molecule has 20 heteroatoms. The van der Waals surface area contributed by atoms with Gasteiger partial charge in [-0.1, -0.05) is 6.07 Å². The van der Waals surface area contributed by atoms with E-state index in [1.165, 1.54) is 12.1 Å². The highest BCUT2D eigenvalue weighted by atomic mass is 19.1. The third-order valence-corrected chi connectivity index (χ3v) is 7.17. The molecule has 0 N–H and O–H groups in total. The quantitative estimate of drug-likeness (QED) is 0.198. The Morgan fingerprint density at radius 2 is 0.943 bits per heavy atom. The Labute approximate surface area is 301 Å². The Morgan fingerprint density at radius 1 is 0.528 bits per heavy atom. The predicted octanol–water partition coefficient (Wildman–Crippen LogP) is 0.602. The molecule has 3 rings (SSSR count). The third-order valence-electron chi connectivity index (χ3n) is 7.17. The number of rotatable bonds is 13. The van der Waals surface area contributed by atoms with Gasteiger partial charge in [-0.25, -0.2) is 9.18 Å². The molecular weight excluding hydrogens is 719 g/mol. The van der Waals surface area contributed by atoms with E-state index in [1.54, 1.807) is 0 Å². The molecule has 2 aliphatic rings. The minimum absolute atomic E-state index is 0.286. The fraction of sp³-hybridized carbons (Fsp3) is 0.576. The third kappa shape index (κ3) is 12.5. The van der Waals surface area contributed by atoms with Crippen LogP contribution in [0.25, 0.3) is 0 Å². The van der Waals surface area contributed by atoms with Gasteiger partial charge in [0.25, 0.3) is 0 Å². The Bertz CT molecular complexity index is 1550. The molecule has 53 heavy (non-hydrogen) atoms. The first-order valence-electron chi connectivity index (χ1n) is 15.9. The molecule has 0 aromatic heterocycles. The van der Waals surface area contributed by atoms with Crippen LogP contribution < -0.4 is 0 Å². The number of carbonyl (C=O) groups excluding carboxylic acids is 8. The lowest BCUT2D eigenvalue weighted by Gasteiger charge is -2.48. The summed E-state index contributed by atoms with van der Waals surface area (Å²) in [4.78, 5) is 98.5. The van der Waals surface area contributed by atoms with Gasteiger partial charge in [0.15, 0.2) is 30.7 Å². The molecule has 0 aliphatic carbocycles. The lowest BCUT2D eigenvalue weighted by Crippen LogP contribution is -2.67. The summed E-state index contributed by atoms with van der Waals surface area (Å²) in [5.41, 5.74) is -0.286. The number of esters is 8. The predicted molar refractivity (Wildman–Crippen MR) is 165 cm³/mol. The molecule has 2 heterocycles. The number of hydrogen-bond donors (Lipinski definition) is 0. The van der Waals surface area contributed by atoms with Crippen LogP contribution in [-0.4, -0.2) is 122 Å². The van der Waals surface area contributed by atoms with E-state index in [0.717, 1.165) is 60.6 Å². The van der Waals surface area contributed by atoms with Crippen molar-refractivity contribution < 1.29 is 94.9 Å². The van der Waals surface area contributed by atoms with Crippen molar-refractivity contribution in [2.45, 2.75) is 110 Å². The van der Waals surface area contributed by atoms with Crippen molar-refractivity contribution in [2.75, 3.05) is 13.2 Å². The van der Waals surface area contributed by atoms with Gasteiger partial charge < -0.3 is 52.1 Å². The zero-order valence-electron chi connectivity index (χ0n) is 29.6. The largest absolute Gasteiger partial charge is 0.463 e. The maximum absolute atomic E-state index is 13.9. The van der Waals surface area contributed by atoms with Gasteiger partial charge in [-0.3, -0.25) is 33.6 Å². The summed E-state index contributed by atoms with van der Waals surface area (Å²) < 4.78 is 74.9. The van der Waals surface area contributed by atoms with Crippen molar-refractivity contribution in [2.24, 2.45) is 0 Å². The highest BCUT2D eigenvalue weighted by Crippen LogP contribution is 2.36. The molecule has 0 unspecified atom stereocenters. The summed E-state index contributed by atoms with van der Waals surface area (Å²) in [6.45, 7) is 5.72. The van der Waals surface area contributed by atoms with E-state index in [-0.39, 0.29) is 5.56 Å². The van der Waals surface area contributed by atoms with Gasteiger partial charge in [-0.2, -0.15) is 0 Å². The van der Waals surface area contributed by atoms with E-state index in [4.69, 9.17) is 52.1 Å². The average Bonchev–Trinajstić information content (AvgIpc) is 3.03. The summed E-state index contributed by atoms with van der Waals surface area (Å²) in [5, 5.41) is 0. The first-order chi connectivity index (χ1) is 24.9. The number of benzene rings is 1. The molecule has 1 aromatic carbocycles. The van der Waals surface area contributed by atoms with Crippen molar-refractivity contribution in [1.82, 2.24) is 0 Å². The minimum atomic E-state index is -1.92. The van der Waals surface area contributed by atoms with Crippen LogP contribution >= 0.6 is 0 Å². The summed E-state index contributed by atoms with van der Waals surface area (Å²) in [6, 6.07) is 4.35. The summed E-state index contributed by atoms with van der Waals surface area (Å²) in [5.74, 6) is -8.39. The zero-order valence-corrected chi connectivity index (χ0v) is 29.6. The summed E-state index contributed by atoms with van der Waals surface area (Å²) in [6.07, 6.45) is -17.3. The fourth-order valence-corrected chi connectivity index (χ4v) is 5.36. The van der Waals surface area contributed by atoms with Gasteiger partial charge in [-0.05, 0) is 18.2 Å². The topological polar surface area (TPSA) is 238 Å². The Balaban J connectivity index is 2.17. The molecule has 0 bridgehead atoms. The average molecular weight is 759 g/mol. The van der Waals surface area contributed by atoms with Crippen LogP contribution in [0.1, 0.15) is 58.8 Å². The van der Waals surface area contributed by atoms with Crippen molar-refractivity contribution in [3.8, 4) is 0 Å². The Kier molecular flexibility index (Phi) is 15.2. The molecular formula is C33H39FO19. The van der Waals surface area contributed by atoms with Gasteiger partial charge in [-0.15, -0.1) is 0 Å². The standard InChI is InChI=1S/C33H39FO19/c1-14(35)43-12-23-25(45-16(3)37)27(46-17(4)38)29(48-19(6)40)32(50-23)52-26-24(13-44-15(2)36)51-33(30(49-20(7)41)28(26)47-18(5)39)53-31(42)21-9-8-10-22(34)11-21/h8-11,23-30,32-33H,12-13H2,1-7H3/t23-,24-,25+,26-,27+,28+,29-,30-,32+,33+/m1/s1. The molecule has 292 valence electrons. The molecule has 0 spiro atoms. The number of ether oxygens (including phenoxy) is 11. The van der Waals surface area contributed by atoms with Gasteiger partial charge in [0.05, 0.1) is 5.56 Å². The van der Waals surface area contributed by atoms with Crippen LogP contribution in [0.3, 0.4) is 0 Å². The van der Waals surface area contributed by atoms with Gasteiger partial charge in [0, 0.05) is 48.5 Å². The first-order valence-corrected chi connectivity index (χ1v) is 15.9. The Morgan fingerprint density at radius 3 is 1.42 bits per heavy atom. The van der Waals surface area contributed by atoms with Crippen LogP contribution in [-0.2, 0) is 85.7 Å². The van der Waals surface area contributed by atoms with Crippen molar-refractivity contribution in [3.63, 3.8) is 0 Å². The molecule has 0 saturated carbocycles. The minimum Gasteiger partial charge on any atom is -0.463 e. The Hall–Kier alpha value is -5.21. The molecule has 2 aliphatic heterocycles. The highest BCUT2D eigenvalue weighted by Gasteiger charge is 2.58. The monoisotopic (exact) mass is 758 g/mol. The second-order valence-corrected chi connectivity index (χ2v) is 11.6. The second kappa shape index (κ2) is 19.0. The smallest absolute Gasteiger partial charge is 0.340 e. The lowest BCUT2D eigenvalue weighted by molar-refractivity contribution is -0.356. The van der Waals surface area contributed by atoms with E-state index in [2.05, 4.69) is 0 Å². The molecule has 0 amide bonds. The number of halogens is 1. The summed E-state index contributed by atoms with van der Waals surface area (Å²) >= 11 is 0. The fourth-order valence-electron chi connectivity index (χ4n) is 5.36. The van der Waals surface area contributed by atoms with Gasteiger partial charge in [0.1, 0.15) is 37.3 Å². The summed E-state index contributed by atoms with van der Waals surface area (Å²) in [7, 11) is 0. The molecule has 2 saturated heterocycles. The molecule has 1 aromatic rings. The van der Waals surface area contributed by atoms with Gasteiger partial charge in [0.2, 0.25) is 12.4 Å². The van der Waals surface area contributed by atoms with E-state index in [9.17, 15) is 42.7 Å². The van der Waals surface area contributed by atoms with E-state index < -0.39 is 128 Å². The first kappa shape index (κ1) is 42.2. The van der Waals surface area contributed by atoms with Crippen LogP contribution in [0, 0.1) is 5.82 Å². The zero-order chi connectivity index (χ0) is 39.6. The van der Waals surface area contributed by atoms with Crippen molar-refractivity contribution in [1.29, 1.82) is 0 Å². The molecule has 19 nitrogen and oxygen atoms in total. The SMILES string of the molecule is CC(=O)OC[C@H]1O[C@@H](O[C@H]2[C@H](OC(C)=O)[C@@H](OC(C)=O)[C@H](OC(=O)c3cccc(F)c3)O[C@@H]2COC(C)=O)[C@H](OC(C)=O)[C@@H](OC(C)=O)[C@H]1OC(C)=O. The van der Waals surface area contributed by atoms with Crippen molar-refractivity contribution >= 4 is 47.8 Å². The van der Waals surface area contributed by atoms with E-state index in [0.29, 0.717) is 0 Å². The molecule has 10 atom stereocenters. The molecule has 2 fully saturated rings. The lowest BCUT2D eigenvalue weighted by atomic mass is 9.96. The van der Waals surface area contributed by atoms with Crippen LogP contribution in [0.15, 0.2) is 24.3 Å². The van der Waals surface area contributed by atoms with E-state index in [1.807, 2.05) is 0 Å². The normalized spacial score (nSPS) is 27.9.